The number of ether oxygens (including phenoxy) is 2. The Hall–Kier alpha value is -1.88. The molecular weight excluding hydrogens is 359 g/mol. The van der Waals surface area contributed by atoms with Crippen LogP contribution in [0.3, 0.4) is 0 Å². The van der Waals surface area contributed by atoms with Gasteiger partial charge in [0.2, 0.25) is 0 Å². The maximum atomic E-state index is 14.7. The molecule has 154 valence electrons. The van der Waals surface area contributed by atoms with E-state index < -0.39 is 11.4 Å². The lowest BCUT2D eigenvalue weighted by molar-refractivity contribution is 0.122. The average Bonchev–Trinajstić information content (AvgIpc) is 2.70. The molecule has 1 aliphatic carbocycles. The molecule has 0 atom stereocenters. The Morgan fingerprint density at radius 3 is 2.64 bits per heavy atom. The fourth-order valence-corrected chi connectivity index (χ4v) is 4.01. The van der Waals surface area contributed by atoms with E-state index in [1.807, 2.05) is 19.9 Å². The second-order valence-corrected chi connectivity index (χ2v) is 7.68. The minimum absolute atomic E-state index is 0.0110. The lowest BCUT2D eigenvalue weighted by Gasteiger charge is -2.27. The minimum atomic E-state index is -0.617. The number of rotatable bonds is 9. The van der Waals surface area contributed by atoms with Gasteiger partial charge in [0.15, 0.2) is 11.6 Å². The first-order valence-corrected chi connectivity index (χ1v) is 10.6. The van der Waals surface area contributed by atoms with E-state index >= 15 is 0 Å². The quantitative estimate of drug-likeness (QED) is 0.507. The first kappa shape index (κ1) is 20.8. The molecule has 0 aliphatic heterocycles. The van der Waals surface area contributed by atoms with Gasteiger partial charge in [-0.15, -0.1) is 0 Å². The molecule has 5 heteroatoms. The molecule has 0 bridgehead atoms. The number of unbranched alkanes of at least 4 members (excludes halogenated alkanes) is 1. The number of fused-ring (bicyclic) bond motifs is 1. The van der Waals surface area contributed by atoms with Crippen molar-refractivity contribution >= 4 is 10.8 Å². The lowest BCUT2D eigenvalue weighted by atomic mass is 9.79. The molecule has 0 spiro atoms. The molecule has 1 aromatic heterocycles. The van der Waals surface area contributed by atoms with Crippen LogP contribution in [0.25, 0.3) is 10.8 Å². The summed E-state index contributed by atoms with van der Waals surface area (Å²) in [5, 5.41) is 0.577. The van der Waals surface area contributed by atoms with E-state index in [1.165, 1.54) is 0 Å². The van der Waals surface area contributed by atoms with Crippen molar-refractivity contribution in [3.8, 4) is 5.75 Å². The summed E-state index contributed by atoms with van der Waals surface area (Å²) in [5.41, 5.74) is -0.607. The van der Waals surface area contributed by atoms with Crippen LogP contribution in [0.5, 0.6) is 5.75 Å². The zero-order valence-corrected chi connectivity index (χ0v) is 17.0. The van der Waals surface area contributed by atoms with Crippen LogP contribution in [0.15, 0.2) is 27.4 Å². The van der Waals surface area contributed by atoms with Crippen LogP contribution in [0.2, 0.25) is 0 Å². The third kappa shape index (κ3) is 4.93. The van der Waals surface area contributed by atoms with Crippen LogP contribution in [-0.2, 0) is 4.74 Å². The fraction of sp³-hybridized carbons (Fsp3) is 0.609. The van der Waals surface area contributed by atoms with Crippen molar-refractivity contribution in [1.82, 2.24) is 0 Å². The number of halogens is 1. The highest BCUT2D eigenvalue weighted by molar-refractivity contribution is 5.83. The van der Waals surface area contributed by atoms with Gasteiger partial charge in [-0.25, -0.2) is 9.18 Å². The predicted molar refractivity (Wildman–Crippen MR) is 109 cm³/mol. The number of benzene rings is 1. The van der Waals surface area contributed by atoms with Gasteiger partial charge in [0, 0.05) is 19.1 Å². The van der Waals surface area contributed by atoms with Gasteiger partial charge in [0.25, 0.3) is 0 Å². The summed E-state index contributed by atoms with van der Waals surface area (Å²) >= 11 is 0. The molecule has 0 N–H and O–H groups in total. The molecule has 0 unspecified atom stereocenters. The van der Waals surface area contributed by atoms with Crippen molar-refractivity contribution in [2.24, 2.45) is 5.92 Å². The zero-order valence-electron chi connectivity index (χ0n) is 17.0. The van der Waals surface area contributed by atoms with Gasteiger partial charge in [0.1, 0.15) is 11.1 Å². The monoisotopic (exact) mass is 390 g/mol. The van der Waals surface area contributed by atoms with Gasteiger partial charge in [-0.1, -0.05) is 19.4 Å². The van der Waals surface area contributed by atoms with Crippen LogP contribution >= 0.6 is 0 Å². The van der Waals surface area contributed by atoms with E-state index in [-0.39, 0.29) is 17.1 Å². The Balaban J connectivity index is 1.72. The van der Waals surface area contributed by atoms with Crippen LogP contribution in [0.1, 0.15) is 70.5 Å². The van der Waals surface area contributed by atoms with Gasteiger partial charge in [-0.2, -0.15) is 0 Å². The molecule has 1 saturated carbocycles. The normalized spacial score (nSPS) is 19.8. The maximum absolute atomic E-state index is 14.7. The summed E-state index contributed by atoms with van der Waals surface area (Å²) in [7, 11) is 0. The van der Waals surface area contributed by atoms with Gasteiger partial charge in [0.05, 0.1) is 6.61 Å². The highest BCUT2D eigenvalue weighted by Gasteiger charge is 2.25. The molecule has 1 heterocycles. The Morgan fingerprint density at radius 2 is 1.93 bits per heavy atom. The molecule has 4 nitrogen and oxygen atoms in total. The Kier molecular flexibility index (Phi) is 7.49. The largest absolute Gasteiger partial charge is 0.490 e. The summed E-state index contributed by atoms with van der Waals surface area (Å²) in [6.07, 6.45) is 7.11. The standard InChI is InChI=1S/C23H31FO4/c1-3-5-13-27-19-11-10-18-15-20(28-23(25)21(18)22(19)24)17-8-6-16(7-9-17)12-14-26-4-2/h10-11,15-17H,3-9,12-14H2,1-2H3. The molecule has 1 aromatic carbocycles. The first-order chi connectivity index (χ1) is 13.6. The molecular formula is C23H31FO4. The topological polar surface area (TPSA) is 48.7 Å². The van der Waals surface area contributed by atoms with Crippen LogP contribution in [0, 0.1) is 11.7 Å². The molecule has 28 heavy (non-hydrogen) atoms. The van der Waals surface area contributed by atoms with Crippen molar-refractivity contribution < 1.29 is 18.3 Å². The molecule has 1 aliphatic rings. The van der Waals surface area contributed by atoms with Crippen molar-refractivity contribution in [3.63, 3.8) is 0 Å². The highest BCUT2D eigenvalue weighted by Crippen LogP contribution is 2.37. The third-order valence-electron chi connectivity index (χ3n) is 5.73. The first-order valence-electron chi connectivity index (χ1n) is 10.6. The molecule has 1 fully saturated rings. The SMILES string of the molecule is CCCCOc1ccc2cc(C3CCC(CCOCC)CC3)oc(=O)c2c1F. The van der Waals surface area contributed by atoms with E-state index in [0.29, 0.717) is 23.7 Å². The zero-order chi connectivity index (χ0) is 19.9. The van der Waals surface area contributed by atoms with Crippen molar-refractivity contribution in [3.05, 3.63) is 40.2 Å². The maximum Gasteiger partial charge on any atom is 0.346 e. The molecule has 2 aromatic rings. The summed E-state index contributed by atoms with van der Waals surface area (Å²) in [5.74, 6) is 1.09. The van der Waals surface area contributed by atoms with Crippen molar-refractivity contribution in [2.75, 3.05) is 19.8 Å². The summed E-state index contributed by atoms with van der Waals surface area (Å²) < 4.78 is 31.2. The van der Waals surface area contributed by atoms with Gasteiger partial charge < -0.3 is 13.9 Å². The van der Waals surface area contributed by atoms with E-state index in [4.69, 9.17) is 13.9 Å². The number of hydrogen-bond donors (Lipinski definition) is 0. The smallest absolute Gasteiger partial charge is 0.346 e. The van der Waals surface area contributed by atoms with Crippen LogP contribution in [0.4, 0.5) is 4.39 Å². The average molecular weight is 390 g/mol. The molecule has 0 saturated heterocycles. The van der Waals surface area contributed by atoms with E-state index in [2.05, 4.69) is 0 Å². The Labute approximate surface area is 166 Å². The van der Waals surface area contributed by atoms with Gasteiger partial charge in [-0.05, 0) is 68.9 Å². The van der Waals surface area contributed by atoms with Crippen LogP contribution < -0.4 is 10.4 Å². The number of hydrogen-bond acceptors (Lipinski definition) is 4. The third-order valence-corrected chi connectivity index (χ3v) is 5.73. The van der Waals surface area contributed by atoms with Crippen LogP contribution in [-0.4, -0.2) is 19.8 Å². The van der Waals surface area contributed by atoms with E-state index in [0.717, 1.165) is 58.2 Å². The van der Waals surface area contributed by atoms with Gasteiger partial charge in [-0.3, -0.25) is 0 Å². The molecule has 3 rings (SSSR count). The fourth-order valence-electron chi connectivity index (χ4n) is 4.01. The lowest BCUT2D eigenvalue weighted by Crippen LogP contribution is -2.16. The summed E-state index contributed by atoms with van der Waals surface area (Å²) in [6, 6.07) is 5.20. The summed E-state index contributed by atoms with van der Waals surface area (Å²) in [4.78, 5) is 12.5. The Morgan fingerprint density at radius 1 is 1.14 bits per heavy atom. The second-order valence-electron chi connectivity index (χ2n) is 7.68. The predicted octanol–water partition coefficient (Wildman–Crippen LogP) is 5.81. The van der Waals surface area contributed by atoms with Gasteiger partial charge >= 0.3 is 5.63 Å². The van der Waals surface area contributed by atoms with Crippen molar-refractivity contribution in [2.45, 2.75) is 64.7 Å². The Bertz CT molecular complexity index is 821. The van der Waals surface area contributed by atoms with Crippen molar-refractivity contribution in [1.29, 1.82) is 0 Å². The molecule has 0 amide bonds. The minimum Gasteiger partial charge on any atom is -0.490 e. The van der Waals surface area contributed by atoms with E-state index in [9.17, 15) is 9.18 Å². The highest BCUT2D eigenvalue weighted by atomic mass is 19.1. The second kappa shape index (κ2) is 10.1. The summed E-state index contributed by atoms with van der Waals surface area (Å²) in [6.45, 7) is 6.08. The molecule has 0 radical (unpaired) electrons. The van der Waals surface area contributed by atoms with E-state index in [1.54, 1.807) is 12.1 Å².